The van der Waals surface area contributed by atoms with E-state index in [-0.39, 0.29) is 12.1 Å². The van der Waals surface area contributed by atoms with E-state index in [0.29, 0.717) is 18.8 Å². The van der Waals surface area contributed by atoms with Gasteiger partial charge in [-0.1, -0.05) is 0 Å². The van der Waals surface area contributed by atoms with E-state index in [4.69, 9.17) is 0 Å². The lowest BCUT2D eigenvalue weighted by atomic mass is 9.84. The highest BCUT2D eigenvalue weighted by Gasteiger charge is 2.25. The van der Waals surface area contributed by atoms with Crippen LogP contribution in [-0.4, -0.2) is 49.8 Å². The number of carbonyl (C=O) groups excluding carboxylic acids is 1. The molecule has 1 saturated heterocycles. The van der Waals surface area contributed by atoms with Crippen LogP contribution in [0.3, 0.4) is 0 Å². The van der Waals surface area contributed by atoms with E-state index in [1.165, 1.54) is 6.42 Å². The van der Waals surface area contributed by atoms with Gasteiger partial charge in [0, 0.05) is 25.7 Å². The zero-order chi connectivity index (χ0) is 15.1. The predicted molar refractivity (Wildman–Crippen MR) is 83.1 cm³/mol. The van der Waals surface area contributed by atoms with Gasteiger partial charge in [0.2, 0.25) is 0 Å². The molecular formula is C16H30FN3O. The second-order valence-corrected chi connectivity index (χ2v) is 6.61. The van der Waals surface area contributed by atoms with Crippen LogP contribution >= 0.6 is 0 Å². The Morgan fingerprint density at radius 1 is 1.19 bits per heavy atom. The zero-order valence-electron chi connectivity index (χ0n) is 13.2. The maximum atomic E-state index is 13.2. The number of likely N-dealkylation sites (N-methyl/N-ethyl adjacent to an activating group) is 1. The molecule has 0 aromatic rings. The van der Waals surface area contributed by atoms with E-state index in [1.54, 1.807) is 0 Å². The highest BCUT2D eigenvalue weighted by molar-refractivity contribution is 5.74. The largest absolute Gasteiger partial charge is 0.334 e. The van der Waals surface area contributed by atoms with Crippen LogP contribution in [0.15, 0.2) is 0 Å². The molecule has 1 aliphatic heterocycles. The molecule has 0 spiro atoms. The molecule has 1 unspecified atom stereocenters. The molecule has 4 nitrogen and oxygen atoms in total. The van der Waals surface area contributed by atoms with Gasteiger partial charge < -0.3 is 15.5 Å². The predicted octanol–water partition coefficient (Wildman–Crippen LogP) is 2.69. The van der Waals surface area contributed by atoms with Gasteiger partial charge in [0.25, 0.3) is 0 Å². The Morgan fingerprint density at radius 3 is 2.48 bits per heavy atom. The van der Waals surface area contributed by atoms with E-state index < -0.39 is 6.17 Å². The van der Waals surface area contributed by atoms with Gasteiger partial charge in [-0.25, -0.2) is 9.18 Å². The second kappa shape index (κ2) is 8.57. The molecule has 1 atom stereocenters. The van der Waals surface area contributed by atoms with E-state index in [9.17, 15) is 9.18 Å². The highest BCUT2D eigenvalue weighted by atomic mass is 19.1. The van der Waals surface area contributed by atoms with Crippen molar-refractivity contribution in [1.29, 1.82) is 0 Å². The summed E-state index contributed by atoms with van der Waals surface area (Å²) in [4.78, 5) is 14.2. The summed E-state index contributed by atoms with van der Waals surface area (Å²) in [5.41, 5.74) is 0. The molecule has 0 aromatic heterocycles. The van der Waals surface area contributed by atoms with Crippen molar-refractivity contribution in [3.05, 3.63) is 0 Å². The minimum atomic E-state index is -0.605. The SMILES string of the molecule is CNCC(CC1CCC(F)CC1)NC(=O)N1CCCCC1. The number of halogens is 1. The molecule has 0 radical (unpaired) electrons. The van der Waals surface area contributed by atoms with Crippen molar-refractivity contribution in [2.45, 2.75) is 63.6 Å². The van der Waals surface area contributed by atoms with Gasteiger partial charge >= 0.3 is 6.03 Å². The van der Waals surface area contributed by atoms with E-state index in [2.05, 4.69) is 10.6 Å². The van der Waals surface area contributed by atoms with Gasteiger partial charge in [-0.2, -0.15) is 0 Å². The fourth-order valence-corrected chi connectivity index (χ4v) is 3.56. The van der Waals surface area contributed by atoms with Crippen molar-refractivity contribution in [3.8, 4) is 0 Å². The molecule has 21 heavy (non-hydrogen) atoms. The smallest absolute Gasteiger partial charge is 0.317 e. The van der Waals surface area contributed by atoms with Crippen LogP contribution in [0.4, 0.5) is 9.18 Å². The molecule has 122 valence electrons. The summed E-state index contributed by atoms with van der Waals surface area (Å²) in [5, 5.41) is 6.34. The van der Waals surface area contributed by atoms with Crippen molar-refractivity contribution in [1.82, 2.24) is 15.5 Å². The molecule has 2 rings (SSSR count). The number of amides is 2. The van der Waals surface area contributed by atoms with E-state index in [0.717, 1.165) is 51.7 Å². The Hall–Kier alpha value is -0.840. The maximum Gasteiger partial charge on any atom is 0.317 e. The molecule has 2 N–H and O–H groups in total. The standard InChI is InChI=1S/C16H30FN3O/c1-18-12-15(11-13-5-7-14(17)8-6-13)19-16(21)20-9-3-2-4-10-20/h13-15,18H,2-12H2,1H3,(H,19,21). The van der Waals surface area contributed by atoms with Crippen LogP contribution < -0.4 is 10.6 Å². The third-order valence-electron chi connectivity index (χ3n) is 4.82. The van der Waals surface area contributed by atoms with Gasteiger partial charge in [0.15, 0.2) is 0 Å². The van der Waals surface area contributed by atoms with Crippen molar-refractivity contribution in [2.75, 3.05) is 26.7 Å². The lowest BCUT2D eigenvalue weighted by molar-refractivity contribution is 0.171. The van der Waals surface area contributed by atoms with Gasteiger partial charge in [-0.05, 0) is 64.3 Å². The monoisotopic (exact) mass is 299 g/mol. The number of likely N-dealkylation sites (tertiary alicyclic amines) is 1. The number of rotatable bonds is 5. The second-order valence-electron chi connectivity index (χ2n) is 6.61. The third-order valence-corrected chi connectivity index (χ3v) is 4.82. The number of piperidine rings is 1. The number of hydrogen-bond donors (Lipinski definition) is 2. The average Bonchev–Trinajstić information content (AvgIpc) is 2.50. The first kappa shape index (κ1) is 16.5. The first-order valence-electron chi connectivity index (χ1n) is 8.53. The number of carbonyl (C=O) groups is 1. The van der Waals surface area contributed by atoms with Crippen LogP contribution in [0.2, 0.25) is 0 Å². The van der Waals surface area contributed by atoms with Gasteiger partial charge in [-0.15, -0.1) is 0 Å². The summed E-state index contributed by atoms with van der Waals surface area (Å²) in [7, 11) is 1.92. The zero-order valence-corrected chi connectivity index (χ0v) is 13.2. The average molecular weight is 299 g/mol. The number of hydrogen-bond acceptors (Lipinski definition) is 2. The molecule has 1 aliphatic carbocycles. The summed E-state index contributed by atoms with van der Waals surface area (Å²) in [6.45, 7) is 2.55. The number of nitrogens with zero attached hydrogens (tertiary/aromatic N) is 1. The molecule has 2 amide bonds. The van der Waals surface area contributed by atoms with Crippen LogP contribution in [0.5, 0.6) is 0 Å². The molecule has 0 aromatic carbocycles. The Balaban J connectivity index is 1.78. The van der Waals surface area contributed by atoms with Gasteiger partial charge in [0.05, 0.1) is 0 Å². The molecule has 5 heteroatoms. The summed E-state index contributed by atoms with van der Waals surface area (Å²) >= 11 is 0. The quantitative estimate of drug-likeness (QED) is 0.820. The summed E-state index contributed by atoms with van der Waals surface area (Å²) < 4.78 is 13.2. The highest BCUT2D eigenvalue weighted by Crippen LogP contribution is 2.29. The number of alkyl halides is 1. The summed E-state index contributed by atoms with van der Waals surface area (Å²) in [5.74, 6) is 0.553. The minimum absolute atomic E-state index is 0.0779. The first-order chi connectivity index (χ1) is 10.2. The Labute approximate surface area is 127 Å². The minimum Gasteiger partial charge on any atom is -0.334 e. The Morgan fingerprint density at radius 2 is 1.86 bits per heavy atom. The van der Waals surface area contributed by atoms with Gasteiger partial charge in [0.1, 0.15) is 6.17 Å². The topological polar surface area (TPSA) is 44.4 Å². The molecule has 2 aliphatic rings. The Bertz CT molecular complexity index is 313. The van der Waals surface area contributed by atoms with Crippen molar-refractivity contribution in [2.24, 2.45) is 5.92 Å². The molecule has 1 saturated carbocycles. The molecule has 1 heterocycles. The fourth-order valence-electron chi connectivity index (χ4n) is 3.56. The van der Waals surface area contributed by atoms with E-state index >= 15 is 0 Å². The normalized spacial score (nSPS) is 28.2. The van der Waals surface area contributed by atoms with Crippen LogP contribution in [0.25, 0.3) is 0 Å². The first-order valence-corrected chi connectivity index (χ1v) is 8.53. The van der Waals surface area contributed by atoms with Crippen LogP contribution in [-0.2, 0) is 0 Å². The lowest BCUT2D eigenvalue weighted by Crippen LogP contribution is -2.50. The fraction of sp³-hybridized carbons (Fsp3) is 0.938. The number of nitrogens with one attached hydrogen (secondary N) is 2. The molecular weight excluding hydrogens is 269 g/mol. The summed E-state index contributed by atoms with van der Waals surface area (Å²) in [6, 6.07) is 0.236. The molecule has 0 bridgehead atoms. The Kier molecular flexibility index (Phi) is 6.74. The van der Waals surface area contributed by atoms with Gasteiger partial charge in [-0.3, -0.25) is 0 Å². The van der Waals surface area contributed by atoms with Crippen molar-refractivity contribution < 1.29 is 9.18 Å². The van der Waals surface area contributed by atoms with Crippen LogP contribution in [0, 0.1) is 5.92 Å². The van der Waals surface area contributed by atoms with Crippen LogP contribution in [0.1, 0.15) is 51.4 Å². The molecule has 2 fully saturated rings. The van der Waals surface area contributed by atoms with E-state index in [1.807, 2.05) is 11.9 Å². The summed E-state index contributed by atoms with van der Waals surface area (Å²) in [6.07, 6.45) is 7.13. The third kappa shape index (κ3) is 5.46. The van der Waals surface area contributed by atoms with Crippen molar-refractivity contribution >= 4 is 6.03 Å². The lowest BCUT2D eigenvalue weighted by Gasteiger charge is -2.32. The number of urea groups is 1. The maximum absolute atomic E-state index is 13.2. The van der Waals surface area contributed by atoms with Crippen molar-refractivity contribution in [3.63, 3.8) is 0 Å².